The van der Waals surface area contributed by atoms with Gasteiger partial charge in [0.25, 0.3) is 11.8 Å². The van der Waals surface area contributed by atoms with Gasteiger partial charge in [-0.05, 0) is 65.3 Å². The average Bonchev–Trinajstić information content (AvgIpc) is 2.62. The van der Waals surface area contributed by atoms with Crippen LogP contribution < -0.4 is 15.4 Å². The molecule has 2 amide bonds. The highest BCUT2D eigenvalue weighted by Crippen LogP contribution is 2.29. The first kappa shape index (κ1) is 22.0. The Labute approximate surface area is 172 Å². The van der Waals surface area contributed by atoms with Crippen LogP contribution in [0, 0.1) is 0 Å². The third-order valence-corrected chi connectivity index (χ3v) is 4.29. The fraction of sp³-hybridized carbons (Fsp3) is 0.222. The van der Waals surface area contributed by atoms with E-state index in [1.54, 1.807) is 30.4 Å². The zero-order valence-corrected chi connectivity index (χ0v) is 16.8. The molecule has 0 aliphatic rings. The summed E-state index contributed by atoms with van der Waals surface area (Å²) >= 11 is 9.14. The van der Waals surface area contributed by atoms with Crippen LogP contribution in [0.5, 0.6) is 5.75 Å². The fourth-order valence-electron chi connectivity index (χ4n) is 2.05. The number of amides is 2. The van der Waals surface area contributed by atoms with Gasteiger partial charge in [0.2, 0.25) is 0 Å². The lowest BCUT2D eigenvalue weighted by Gasteiger charge is -2.16. The number of benzene rings is 2. The molecule has 28 heavy (non-hydrogen) atoms. The van der Waals surface area contributed by atoms with Gasteiger partial charge in [0.1, 0.15) is 12.3 Å². The van der Waals surface area contributed by atoms with Crippen LogP contribution in [0.1, 0.15) is 17.3 Å². The van der Waals surface area contributed by atoms with E-state index in [4.69, 9.17) is 16.3 Å². The molecule has 0 aliphatic carbocycles. The molecule has 5 nitrogen and oxygen atoms in total. The molecule has 0 saturated carbocycles. The minimum absolute atomic E-state index is 0.0386. The molecule has 1 unspecified atom stereocenters. The zero-order valence-electron chi connectivity index (χ0n) is 14.4. The van der Waals surface area contributed by atoms with Crippen molar-refractivity contribution in [3.8, 4) is 5.75 Å². The Morgan fingerprint density at radius 1 is 1.18 bits per heavy atom. The Hall–Kier alpha value is -2.26. The molecule has 2 aromatic rings. The highest BCUT2D eigenvalue weighted by molar-refractivity contribution is 9.10. The number of hydrogen-bond acceptors (Lipinski definition) is 3. The SMILES string of the molecule is CC(Oc1ccc(Cl)cc1Br)C(=O)Nc1ccc(C(=O)NCC(F)(F)F)cc1. The van der Waals surface area contributed by atoms with Crippen LogP contribution in [0.3, 0.4) is 0 Å². The van der Waals surface area contributed by atoms with Crippen LogP contribution in [-0.4, -0.2) is 30.6 Å². The number of carbonyl (C=O) groups is 2. The quantitative estimate of drug-likeness (QED) is 0.625. The highest BCUT2D eigenvalue weighted by Gasteiger charge is 2.27. The van der Waals surface area contributed by atoms with Crippen molar-refractivity contribution in [3.05, 3.63) is 57.5 Å². The van der Waals surface area contributed by atoms with E-state index in [-0.39, 0.29) is 5.56 Å². The molecule has 0 heterocycles. The van der Waals surface area contributed by atoms with E-state index in [0.717, 1.165) is 0 Å². The van der Waals surface area contributed by atoms with Gasteiger partial charge in [-0.15, -0.1) is 0 Å². The first-order valence-electron chi connectivity index (χ1n) is 7.93. The monoisotopic (exact) mass is 478 g/mol. The maximum Gasteiger partial charge on any atom is 0.405 e. The van der Waals surface area contributed by atoms with Gasteiger partial charge >= 0.3 is 6.18 Å². The van der Waals surface area contributed by atoms with Gasteiger partial charge in [0, 0.05) is 16.3 Å². The van der Waals surface area contributed by atoms with Crippen LogP contribution in [0.2, 0.25) is 5.02 Å². The van der Waals surface area contributed by atoms with Crippen molar-refractivity contribution in [3.63, 3.8) is 0 Å². The summed E-state index contributed by atoms with van der Waals surface area (Å²) in [7, 11) is 0. The van der Waals surface area contributed by atoms with Gasteiger partial charge in [-0.3, -0.25) is 9.59 Å². The van der Waals surface area contributed by atoms with Crippen molar-refractivity contribution < 1.29 is 27.5 Å². The second-order valence-corrected chi connectivity index (χ2v) is 6.99. The normalized spacial score (nSPS) is 12.2. The molecule has 0 spiro atoms. The van der Waals surface area contributed by atoms with E-state index in [0.29, 0.717) is 20.9 Å². The Morgan fingerprint density at radius 2 is 1.82 bits per heavy atom. The molecular formula is C18H15BrClF3N2O3. The van der Waals surface area contributed by atoms with Gasteiger partial charge in [0.15, 0.2) is 6.10 Å². The van der Waals surface area contributed by atoms with Crippen molar-refractivity contribution in [2.75, 3.05) is 11.9 Å². The number of halogens is 5. The van der Waals surface area contributed by atoms with E-state index >= 15 is 0 Å². The molecule has 0 aromatic heterocycles. The molecule has 2 N–H and O–H groups in total. The topological polar surface area (TPSA) is 67.4 Å². The van der Waals surface area contributed by atoms with E-state index in [9.17, 15) is 22.8 Å². The van der Waals surface area contributed by atoms with Gasteiger partial charge in [-0.2, -0.15) is 13.2 Å². The van der Waals surface area contributed by atoms with E-state index in [1.165, 1.54) is 24.3 Å². The summed E-state index contributed by atoms with van der Waals surface area (Å²) in [5.74, 6) is -0.876. The van der Waals surface area contributed by atoms with Crippen LogP contribution in [0.15, 0.2) is 46.9 Å². The summed E-state index contributed by atoms with van der Waals surface area (Å²) in [5.41, 5.74) is 0.402. The molecule has 0 fully saturated rings. The lowest BCUT2D eigenvalue weighted by molar-refractivity contribution is -0.123. The molecular weight excluding hydrogens is 465 g/mol. The Balaban J connectivity index is 1.93. The number of ether oxygens (including phenoxy) is 1. The first-order chi connectivity index (χ1) is 13.0. The standard InChI is InChI=1S/C18H15BrClF3N2O3/c1-10(28-15-7-4-12(20)8-14(15)19)16(26)25-13-5-2-11(3-6-13)17(27)24-9-18(21,22)23/h2-8,10H,9H2,1H3,(H,24,27)(H,25,26). The van der Waals surface area contributed by atoms with Crippen LogP contribution >= 0.6 is 27.5 Å². The number of carbonyl (C=O) groups excluding carboxylic acids is 2. The maximum absolute atomic E-state index is 12.2. The molecule has 0 aliphatic heterocycles. The molecule has 0 saturated heterocycles. The molecule has 0 bridgehead atoms. The number of alkyl halides is 3. The lowest BCUT2D eigenvalue weighted by Crippen LogP contribution is -2.33. The van der Waals surface area contributed by atoms with Crippen molar-refractivity contribution in [2.45, 2.75) is 19.2 Å². The van der Waals surface area contributed by atoms with Crippen LogP contribution in [0.4, 0.5) is 18.9 Å². The average molecular weight is 480 g/mol. The lowest BCUT2D eigenvalue weighted by atomic mass is 10.2. The second kappa shape index (κ2) is 9.29. The van der Waals surface area contributed by atoms with Crippen molar-refractivity contribution in [2.24, 2.45) is 0 Å². The first-order valence-corrected chi connectivity index (χ1v) is 9.10. The predicted octanol–water partition coefficient (Wildman–Crippen LogP) is 4.80. The number of nitrogens with one attached hydrogen (secondary N) is 2. The predicted molar refractivity (Wildman–Crippen MR) is 103 cm³/mol. The van der Waals surface area contributed by atoms with Crippen molar-refractivity contribution in [1.82, 2.24) is 5.32 Å². The van der Waals surface area contributed by atoms with Crippen molar-refractivity contribution >= 4 is 45.0 Å². The molecule has 2 aromatic carbocycles. The largest absolute Gasteiger partial charge is 0.480 e. The molecule has 10 heteroatoms. The smallest absolute Gasteiger partial charge is 0.405 e. The minimum Gasteiger partial charge on any atom is -0.480 e. The van der Waals surface area contributed by atoms with E-state index < -0.39 is 30.6 Å². The Morgan fingerprint density at radius 3 is 2.39 bits per heavy atom. The number of rotatable bonds is 6. The fourth-order valence-corrected chi connectivity index (χ4v) is 2.82. The van der Waals surface area contributed by atoms with Gasteiger partial charge in [-0.1, -0.05) is 11.6 Å². The van der Waals surface area contributed by atoms with Gasteiger partial charge in [0.05, 0.1) is 4.47 Å². The summed E-state index contributed by atoms with van der Waals surface area (Å²) in [4.78, 5) is 23.9. The van der Waals surface area contributed by atoms with E-state index in [2.05, 4.69) is 21.2 Å². The summed E-state index contributed by atoms with van der Waals surface area (Å²) in [5, 5.41) is 4.88. The summed E-state index contributed by atoms with van der Waals surface area (Å²) in [6.07, 6.45) is -5.33. The highest BCUT2D eigenvalue weighted by atomic mass is 79.9. The summed E-state index contributed by atoms with van der Waals surface area (Å²) < 4.78 is 42.6. The molecule has 0 radical (unpaired) electrons. The maximum atomic E-state index is 12.2. The molecule has 1 atom stereocenters. The van der Waals surface area contributed by atoms with Gasteiger partial charge < -0.3 is 15.4 Å². The summed E-state index contributed by atoms with van der Waals surface area (Å²) in [6.45, 7) is 0.134. The van der Waals surface area contributed by atoms with E-state index in [1.807, 2.05) is 0 Å². The zero-order chi connectivity index (χ0) is 20.9. The third kappa shape index (κ3) is 6.72. The summed E-state index contributed by atoms with van der Waals surface area (Å²) in [6, 6.07) is 10.3. The number of hydrogen-bond donors (Lipinski definition) is 2. The molecule has 2 rings (SSSR count). The van der Waals surface area contributed by atoms with Gasteiger partial charge in [-0.25, -0.2) is 0 Å². The Kier molecular flexibility index (Phi) is 7.31. The molecule has 150 valence electrons. The third-order valence-electron chi connectivity index (χ3n) is 3.43. The Bertz CT molecular complexity index is 860. The number of anilines is 1. The van der Waals surface area contributed by atoms with Crippen LogP contribution in [-0.2, 0) is 4.79 Å². The minimum atomic E-state index is -4.49. The second-order valence-electron chi connectivity index (χ2n) is 5.70. The van der Waals surface area contributed by atoms with Crippen LogP contribution in [0.25, 0.3) is 0 Å². The van der Waals surface area contributed by atoms with Crippen molar-refractivity contribution in [1.29, 1.82) is 0 Å².